The van der Waals surface area contributed by atoms with Crippen molar-refractivity contribution in [1.29, 1.82) is 0 Å². The molecular formula is C21H22N2O6. The Hall–Kier alpha value is -3.55. The highest BCUT2D eigenvalue weighted by atomic mass is 16.5. The minimum Gasteiger partial charge on any atom is -0.497 e. The number of hydrogen-bond donors (Lipinski definition) is 1. The van der Waals surface area contributed by atoms with Gasteiger partial charge in [-0.2, -0.15) is 0 Å². The number of carbonyl (C=O) groups excluding carboxylic acids is 3. The molecule has 2 aromatic rings. The summed E-state index contributed by atoms with van der Waals surface area (Å²) in [6.07, 6.45) is 0.0897. The Morgan fingerprint density at radius 2 is 1.76 bits per heavy atom. The molecule has 0 unspecified atom stereocenters. The zero-order valence-electron chi connectivity index (χ0n) is 16.4. The average Bonchev–Trinajstić information content (AvgIpc) is 3.14. The molecule has 1 saturated heterocycles. The van der Waals surface area contributed by atoms with Gasteiger partial charge < -0.3 is 24.4 Å². The zero-order valence-corrected chi connectivity index (χ0v) is 16.4. The molecule has 0 aliphatic carbocycles. The molecule has 8 nitrogen and oxygen atoms in total. The SMILES string of the molecule is COC(=O)c1ccc(NC(=O)[C@H]2CC(=O)N(c3cc(OC)ccc3OC)C2)cc1. The van der Waals surface area contributed by atoms with E-state index in [1.54, 1.807) is 49.6 Å². The maximum absolute atomic E-state index is 12.7. The molecule has 3 rings (SSSR count). The van der Waals surface area contributed by atoms with E-state index in [0.717, 1.165) is 0 Å². The molecule has 1 N–H and O–H groups in total. The Bertz CT molecular complexity index is 925. The predicted molar refractivity (Wildman–Crippen MR) is 106 cm³/mol. The molecule has 2 aromatic carbocycles. The molecule has 8 heteroatoms. The molecule has 1 atom stereocenters. The van der Waals surface area contributed by atoms with Crippen molar-refractivity contribution in [2.75, 3.05) is 38.1 Å². The molecule has 1 fully saturated rings. The van der Waals surface area contributed by atoms with Gasteiger partial charge in [-0.05, 0) is 36.4 Å². The smallest absolute Gasteiger partial charge is 0.337 e. The van der Waals surface area contributed by atoms with Gasteiger partial charge in [-0.25, -0.2) is 4.79 Å². The first kappa shape index (κ1) is 20.2. The lowest BCUT2D eigenvalue weighted by atomic mass is 10.1. The van der Waals surface area contributed by atoms with Crippen molar-refractivity contribution in [3.8, 4) is 11.5 Å². The van der Waals surface area contributed by atoms with Gasteiger partial charge in [-0.3, -0.25) is 9.59 Å². The van der Waals surface area contributed by atoms with Gasteiger partial charge in [0.2, 0.25) is 11.8 Å². The summed E-state index contributed by atoms with van der Waals surface area (Å²) in [5.41, 5.74) is 1.49. The van der Waals surface area contributed by atoms with Gasteiger partial charge >= 0.3 is 5.97 Å². The van der Waals surface area contributed by atoms with Crippen molar-refractivity contribution >= 4 is 29.2 Å². The summed E-state index contributed by atoms with van der Waals surface area (Å²) >= 11 is 0. The van der Waals surface area contributed by atoms with Crippen LogP contribution in [0.2, 0.25) is 0 Å². The van der Waals surface area contributed by atoms with E-state index in [1.165, 1.54) is 19.1 Å². The summed E-state index contributed by atoms with van der Waals surface area (Å²) in [5, 5.41) is 2.79. The lowest BCUT2D eigenvalue weighted by Crippen LogP contribution is -2.28. The number of methoxy groups -OCH3 is 3. The van der Waals surface area contributed by atoms with Gasteiger partial charge in [0, 0.05) is 24.7 Å². The summed E-state index contributed by atoms with van der Waals surface area (Å²) in [5.74, 6) is -0.289. The quantitative estimate of drug-likeness (QED) is 0.752. The minimum atomic E-state index is -0.515. The zero-order chi connectivity index (χ0) is 21.0. The first-order valence-electron chi connectivity index (χ1n) is 8.98. The molecule has 2 amide bonds. The van der Waals surface area contributed by atoms with E-state index in [-0.39, 0.29) is 24.8 Å². The number of amides is 2. The van der Waals surface area contributed by atoms with E-state index in [2.05, 4.69) is 10.1 Å². The summed E-state index contributed by atoms with van der Waals surface area (Å²) < 4.78 is 15.2. The minimum absolute atomic E-state index is 0.0897. The van der Waals surface area contributed by atoms with Crippen LogP contribution >= 0.6 is 0 Å². The number of anilines is 2. The summed E-state index contributed by atoms with van der Waals surface area (Å²) in [6.45, 7) is 0.231. The number of hydrogen-bond acceptors (Lipinski definition) is 6. The van der Waals surface area contributed by atoms with Crippen LogP contribution in [0.4, 0.5) is 11.4 Å². The van der Waals surface area contributed by atoms with Crippen molar-refractivity contribution in [2.24, 2.45) is 5.92 Å². The Labute approximate surface area is 168 Å². The predicted octanol–water partition coefficient (Wildman–Crippen LogP) is 2.48. The lowest BCUT2D eigenvalue weighted by Gasteiger charge is -2.20. The molecule has 0 saturated carbocycles. The molecule has 0 spiro atoms. The number of ether oxygens (including phenoxy) is 3. The van der Waals surface area contributed by atoms with E-state index >= 15 is 0 Å². The molecule has 1 heterocycles. The summed E-state index contributed by atoms with van der Waals surface area (Å²) in [7, 11) is 4.37. The van der Waals surface area contributed by atoms with Crippen LogP contribution < -0.4 is 19.7 Å². The van der Waals surface area contributed by atoms with Gasteiger partial charge in [0.25, 0.3) is 0 Å². The second kappa shape index (κ2) is 8.64. The highest BCUT2D eigenvalue weighted by Crippen LogP contribution is 2.36. The fraction of sp³-hybridized carbons (Fsp3) is 0.286. The topological polar surface area (TPSA) is 94.2 Å². The van der Waals surface area contributed by atoms with Crippen LogP contribution in [0.15, 0.2) is 42.5 Å². The van der Waals surface area contributed by atoms with E-state index in [1.807, 2.05) is 0 Å². The molecule has 152 valence electrons. The third-order valence-electron chi connectivity index (χ3n) is 4.75. The Morgan fingerprint density at radius 1 is 1.03 bits per heavy atom. The summed E-state index contributed by atoms with van der Waals surface area (Å²) in [4.78, 5) is 38.2. The number of benzene rings is 2. The maximum Gasteiger partial charge on any atom is 0.337 e. The number of nitrogens with one attached hydrogen (secondary N) is 1. The van der Waals surface area contributed by atoms with Crippen LogP contribution in [0.1, 0.15) is 16.8 Å². The molecule has 1 aliphatic rings. The van der Waals surface area contributed by atoms with Crippen LogP contribution in [-0.4, -0.2) is 45.7 Å². The lowest BCUT2D eigenvalue weighted by molar-refractivity contribution is -0.122. The monoisotopic (exact) mass is 398 g/mol. The third-order valence-corrected chi connectivity index (χ3v) is 4.75. The van der Waals surface area contributed by atoms with Gasteiger partial charge in [0.05, 0.1) is 38.5 Å². The van der Waals surface area contributed by atoms with Crippen LogP contribution in [0.25, 0.3) is 0 Å². The van der Waals surface area contributed by atoms with E-state index in [9.17, 15) is 14.4 Å². The van der Waals surface area contributed by atoms with Crippen LogP contribution in [0, 0.1) is 5.92 Å². The second-order valence-electron chi connectivity index (χ2n) is 6.50. The fourth-order valence-electron chi connectivity index (χ4n) is 3.18. The fourth-order valence-corrected chi connectivity index (χ4v) is 3.18. The first-order chi connectivity index (χ1) is 14.0. The first-order valence-corrected chi connectivity index (χ1v) is 8.98. The highest BCUT2D eigenvalue weighted by Gasteiger charge is 2.36. The van der Waals surface area contributed by atoms with Crippen molar-refractivity contribution in [3.05, 3.63) is 48.0 Å². The Morgan fingerprint density at radius 3 is 2.38 bits per heavy atom. The number of esters is 1. The van der Waals surface area contributed by atoms with Crippen molar-refractivity contribution in [3.63, 3.8) is 0 Å². The molecule has 1 aliphatic heterocycles. The molecule has 0 bridgehead atoms. The highest BCUT2D eigenvalue weighted by molar-refractivity contribution is 6.04. The van der Waals surface area contributed by atoms with Crippen LogP contribution in [0.5, 0.6) is 11.5 Å². The van der Waals surface area contributed by atoms with Gasteiger partial charge in [0.1, 0.15) is 11.5 Å². The molecule has 0 radical (unpaired) electrons. The maximum atomic E-state index is 12.7. The van der Waals surface area contributed by atoms with Crippen LogP contribution in [-0.2, 0) is 14.3 Å². The molecule has 29 heavy (non-hydrogen) atoms. The Kier molecular flexibility index (Phi) is 6.01. The summed E-state index contributed by atoms with van der Waals surface area (Å²) in [6, 6.07) is 11.5. The van der Waals surface area contributed by atoms with Crippen molar-refractivity contribution in [1.82, 2.24) is 0 Å². The van der Waals surface area contributed by atoms with E-state index in [0.29, 0.717) is 28.4 Å². The van der Waals surface area contributed by atoms with E-state index in [4.69, 9.17) is 9.47 Å². The van der Waals surface area contributed by atoms with Crippen molar-refractivity contribution in [2.45, 2.75) is 6.42 Å². The van der Waals surface area contributed by atoms with Gasteiger partial charge in [-0.15, -0.1) is 0 Å². The average molecular weight is 398 g/mol. The normalized spacial score (nSPS) is 15.8. The number of nitrogens with zero attached hydrogens (tertiary/aromatic N) is 1. The molecular weight excluding hydrogens is 376 g/mol. The van der Waals surface area contributed by atoms with Gasteiger partial charge in [0.15, 0.2) is 0 Å². The molecule has 0 aromatic heterocycles. The largest absolute Gasteiger partial charge is 0.497 e. The van der Waals surface area contributed by atoms with Crippen molar-refractivity contribution < 1.29 is 28.6 Å². The standard InChI is InChI=1S/C21H22N2O6/c1-27-16-8-9-18(28-2)17(11-16)23-12-14(10-19(23)24)20(25)22-15-6-4-13(5-7-15)21(26)29-3/h4-9,11,14H,10,12H2,1-3H3,(H,22,25)/t14-/m0/s1. The van der Waals surface area contributed by atoms with Gasteiger partial charge in [-0.1, -0.05) is 0 Å². The van der Waals surface area contributed by atoms with E-state index < -0.39 is 11.9 Å². The second-order valence-corrected chi connectivity index (χ2v) is 6.50. The van der Waals surface area contributed by atoms with Crippen LogP contribution in [0.3, 0.4) is 0 Å². The Balaban J connectivity index is 1.71. The number of rotatable bonds is 6. The number of carbonyl (C=O) groups is 3. The third kappa shape index (κ3) is 4.31.